The van der Waals surface area contributed by atoms with Crippen LogP contribution in [0.1, 0.15) is 39.1 Å². The highest BCUT2D eigenvalue weighted by molar-refractivity contribution is 6.41. The molecule has 0 amide bonds. The van der Waals surface area contributed by atoms with Crippen LogP contribution in [-0.4, -0.2) is 21.0 Å². The van der Waals surface area contributed by atoms with Crippen LogP contribution in [0.2, 0.25) is 10.3 Å². The van der Waals surface area contributed by atoms with Crippen LogP contribution in [0.3, 0.4) is 0 Å². The van der Waals surface area contributed by atoms with Gasteiger partial charge in [0.25, 0.3) is 0 Å². The van der Waals surface area contributed by atoms with Crippen molar-refractivity contribution < 1.29 is 9.13 Å². The lowest BCUT2D eigenvalue weighted by atomic mass is 9.90. The quantitative estimate of drug-likeness (QED) is 0.561. The predicted octanol–water partition coefficient (Wildman–Crippen LogP) is 4.46. The molecule has 9 heteroatoms. The zero-order chi connectivity index (χ0) is 20.9. The van der Waals surface area contributed by atoms with Crippen molar-refractivity contribution in [1.29, 1.82) is 0 Å². The number of aromatic nitrogens is 2. The Kier molecular flexibility index (Phi) is 5.10. The van der Waals surface area contributed by atoms with Gasteiger partial charge < -0.3 is 20.4 Å². The third-order valence-corrected chi connectivity index (χ3v) is 4.90. The summed E-state index contributed by atoms with van der Waals surface area (Å²) in [6, 6.07) is 4.38. The Morgan fingerprint density at radius 2 is 2.07 bits per heavy atom. The van der Waals surface area contributed by atoms with E-state index in [1.807, 2.05) is 20.8 Å². The van der Waals surface area contributed by atoms with Crippen LogP contribution >= 0.6 is 23.2 Å². The Labute approximate surface area is 173 Å². The molecule has 1 aliphatic heterocycles. The highest BCUT2D eigenvalue weighted by Gasteiger charge is 2.38. The predicted molar refractivity (Wildman–Crippen MR) is 110 cm³/mol. The van der Waals surface area contributed by atoms with Crippen LogP contribution in [-0.2, 0) is 16.8 Å². The van der Waals surface area contributed by atoms with E-state index in [4.69, 9.17) is 38.7 Å². The SMILES string of the molecule is C=C(NC1=NC(C)(c2cc(N)ccc2F)Cn2c1nc(Cl)c2Cl)OC(C)(C)C. The van der Waals surface area contributed by atoms with Gasteiger partial charge in [-0.1, -0.05) is 23.2 Å². The van der Waals surface area contributed by atoms with Crippen molar-refractivity contribution in [2.45, 2.75) is 45.4 Å². The third-order valence-electron chi connectivity index (χ3n) is 4.16. The number of halogens is 3. The molecule has 2 heterocycles. The Hall–Kier alpha value is -2.25. The molecule has 0 fully saturated rings. The molecule has 1 aromatic heterocycles. The van der Waals surface area contributed by atoms with Gasteiger partial charge in [0.2, 0.25) is 0 Å². The molecular weight excluding hydrogens is 404 g/mol. The van der Waals surface area contributed by atoms with Crippen LogP contribution in [0.5, 0.6) is 0 Å². The lowest BCUT2D eigenvalue weighted by Gasteiger charge is -2.33. The summed E-state index contributed by atoms with van der Waals surface area (Å²) in [6.07, 6.45) is 0. The van der Waals surface area contributed by atoms with Crippen LogP contribution in [0, 0.1) is 5.82 Å². The molecule has 0 aliphatic carbocycles. The molecule has 1 atom stereocenters. The normalized spacial score (nSPS) is 19.0. The van der Waals surface area contributed by atoms with Crippen molar-refractivity contribution in [1.82, 2.24) is 14.9 Å². The molecule has 1 aliphatic rings. The van der Waals surface area contributed by atoms with Gasteiger partial charge in [0.1, 0.15) is 22.1 Å². The smallest absolute Gasteiger partial charge is 0.185 e. The summed E-state index contributed by atoms with van der Waals surface area (Å²) < 4.78 is 22.0. The monoisotopic (exact) mass is 425 g/mol. The number of hydrogen-bond donors (Lipinski definition) is 2. The molecule has 150 valence electrons. The van der Waals surface area contributed by atoms with Crippen molar-refractivity contribution in [2.24, 2.45) is 4.99 Å². The van der Waals surface area contributed by atoms with E-state index in [2.05, 4.69) is 16.9 Å². The number of amidine groups is 1. The Bertz CT molecular complexity index is 979. The van der Waals surface area contributed by atoms with Crippen molar-refractivity contribution in [3.63, 3.8) is 0 Å². The van der Waals surface area contributed by atoms with Crippen molar-refractivity contribution >= 4 is 34.7 Å². The Balaban J connectivity index is 2.10. The lowest BCUT2D eigenvalue weighted by molar-refractivity contribution is 0.0463. The topological polar surface area (TPSA) is 77.5 Å². The maximum atomic E-state index is 14.6. The lowest BCUT2D eigenvalue weighted by Crippen LogP contribution is -2.41. The Morgan fingerprint density at radius 3 is 2.71 bits per heavy atom. The molecule has 0 bridgehead atoms. The van der Waals surface area contributed by atoms with E-state index in [1.165, 1.54) is 12.1 Å². The maximum absolute atomic E-state index is 14.6. The van der Waals surface area contributed by atoms with E-state index < -0.39 is 17.0 Å². The molecule has 0 saturated carbocycles. The van der Waals surface area contributed by atoms with Crippen molar-refractivity contribution in [3.8, 4) is 0 Å². The summed E-state index contributed by atoms with van der Waals surface area (Å²) >= 11 is 12.5. The van der Waals surface area contributed by atoms with E-state index in [0.29, 0.717) is 22.9 Å². The van der Waals surface area contributed by atoms with Gasteiger partial charge in [-0.2, -0.15) is 0 Å². The maximum Gasteiger partial charge on any atom is 0.185 e. The molecule has 2 aromatic rings. The summed E-state index contributed by atoms with van der Waals surface area (Å²) in [7, 11) is 0. The van der Waals surface area contributed by atoms with E-state index in [0.717, 1.165) is 0 Å². The zero-order valence-corrected chi connectivity index (χ0v) is 17.6. The highest BCUT2D eigenvalue weighted by Crippen LogP contribution is 2.37. The first kappa shape index (κ1) is 20.5. The molecule has 0 spiro atoms. The number of aliphatic imine (C=N–C) groups is 1. The summed E-state index contributed by atoms with van der Waals surface area (Å²) in [4.78, 5) is 8.99. The van der Waals surface area contributed by atoms with Crippen LogP contribution in [0.15, 0.2) is 35.7 Å². The average molecular weight is 426 g/mol. The van der Waals surface area contributed by atoms with E-state index >= 15 is 0 Å². The fourth-order valence-electron chi connectivity index (χ4n) is 3.08. The standard InChI is InChI=1S/C19H22Cl2FN5O/c1-10(28-18(2,3)4)24-16-17-25-14(20)15(21)27(17)9-19(5,26-16)12-8-11(23)6-7-13(12)22/h6-8H,1,9,23H2,2-5H3,(H,24,26). The first-order chi connectivity index (χ1) is 12.9. The second-order valence-electron chi connectivity index (χ2n) is 7.84. The molecule has 0 saturated heterocycles. The number of imidazole rings is 1. The van der Waals surface area contributed by atoms with Gasteiger partial charge in [-0.05, 0) is 52.5 Å². The van der Waals surface area contributed by atoms with E-state index in [-0.39, 0.29) is 22.7 Å². The number of anilines is 1. The average Bonchev–Trinajstić information content (AvgIpc) is 2.83. The molecular formula is C19H22Cl2FN5O. The number of rotatable bonds is 3. The van der Waals surface area contributed by atoms with Gasteiger partial charge in [-0.3, -0.25) is 4.99 Å². The van der Waals surface area contributed by atoms with Crippen LogP contribution in [0.4, 0.5) is 10.1 Å². The Morgan fingerprint density at radius 1 is 1.39 bits per heavy atom. The number of nitrogen functional groups attached to an aromatic ring is 1. The first-order valence-corrected chi connectivity index (χ1v) is 9.37. The number of nitrogens with one attached hydrogen (secondary N) is 1. The minimum atomic E-state index is -1.01. The summed E-state index contributed by atoms with van der Waals surface area (Å²) in [5, 5.41) is 3.38. The molecule has 1 unspecified atom stereocenters. The fraction of sp³-hybridized carbons (Fsp3) is 0.368. The first-order valence-electron chi connectivity index (χ1n) is 8.62. The number of benzene rings is 1. The van der Waals surface area contributed by atoms with E-state index in [1.54, 1.807) is 17.6 Å². The number of ether oxygens (including phenoxy) is 1. The van der Waals surface area contributed by atoms with E-state index in [9.17, 15) is 4.39 Å². The largest absolute Gasteiger partial charge is 0.474 e. The van der Waals surface area contributed by atoms with Gasteiger partial charge in [-0.25, -0.2) is 9.37 Å². The third kappa shape index (κ3) is 3.95. The summed E-state index contributed by atoms with van der Waals surface area (Å²) in [5.41, 5.74) is 5.17. The second kappa shape index (κ2) is 6.97. The molecule has 1 aromatic carbocycles. The molecule has 28 heavy (non-hydrogen) atoms. The van der Waals surface area contributed by atoms with Crippen molar-refractivity contribution in [3.05, 3.63) is 58.2 Å². The minimum absolute atomic E-state index is 0.130. The molecule has 6 nitrogen and oxygen atoms in total. The highest BCUT2D eigenvalue weighted by atomic mass is 35.5. The van der Waals surface area contributed by atoms with Gasteiger partial charge in [-0.15, -0.1) is 0 Å². The number of fused-ring (bicyclic) bond motifs is 1. The molecule has 0 radical (unpaired) electrons. The van der Waals surface area contributed by atoms with Gasteiger partial charge in [0.05, 0.1) is 6.54 Å². The summed E-state index contributed by atoms with van der Waals surface area (Å²) in [5.74, 6) is 0.578. The van der Waals surface area contributed by atoms with Crippen LogP contribution in [0.25, 0.3) is 0 Å². The van der Waals surface area contributed by atoms with Gasteiger partial charge >= 0.3 is 0 Å². The van der Waals surface area contributed by atoms with Crippen LogP contribution < -0.4 is 11.1 Å². The van der Waals surface area contributed by atoms with Crippen molar-refractivity contribution in [2.75, 3.05) is 5.73 Å². The molecule has 3 N–H and O–H groups in total. The number of nitrogens with zero attached hydrogens (tertiary/aromatic N) is 3. The number of nitrogens with two attached hydrogens (primary N) is 1. The zero-order valence-electron chi connectivity index (χ0n) is 16.1. The number of hydrogen-bond acceptors (Lipinski definition) is 5. The molecule has 3 rings (SSSR count). The summed E-state index contributed by atoms with van der Waals surface area (Å²) in [6.45, 7) is 11.6. The second-order valence-corrected chi connectivity index (χ2v) is 8.56. The minimum Gasteiger partial charge on any atom is -0.474 e. The fourth-order valence-corrected chi connectivity index (χ4v) is 3.45. The van der Waals surface area contributed by atoms with Gasteiger partial charge in [0, 0.05) is 11.3 Å². The van der Waals surface area contributed by atoms with Gasteiger partial charge in [0.15, 0.2) is 22.7 Å².